The quantitative estimate of drug-likeness (QED) is 0.556. The largest absolute Gasteiger partial charge is 0.491 e. The SMILES string of the molecule is CC(C)Oc1ccc(Nc2nc(OCc3ccccc3)ncc2C(F)(F)F)cc1. The lowest BCUT2D eigenvalue weighted by molar-refractivity contribution is -0.137. The van der Waals surface area contributed by atoms with Crippen molar-refractivity contribution < 1.29 is 22.6 Å². The molecule has 5 nitrogen and oxygen atoms in total. The normalized spacial score (nSPS) is 11.4. The minimum atomic E-state index is -4.61. The summed E-state index contributed by atoms with van der Waals surface area (Å²) in [6.45, 7) is 3.92. The van der Waals surface area contributed by atoms with Gasteiger partial charge in [-0.25, -0.2) is 4.98 Å². The molecule has 8 heteroatoms. The Hall–Kier alpha value is -3.29. The maximum absolute atomic E-state index is 13.4. The van der Waals surface area contributed by atoms with E-state index in [1.807, 2.05) is 44.2 Å². The van der Waals surface area contributed by atoms with Gasteiger partial charge in [0.05, 0.1) is 6.10 Å². The summed E-state index contributed by atoms with van der Waals surface area (Å²) in [4.78, 5) is 7.62. The van der Waals surface area contributed by atoms with E-state index in [2.05, 4.69) is 15.3 Å². The number of alkyl halides is 3. The Balaban J connectivity index is 1.80. The Bertz CT molecular complexity index is 930. The van der Waals surface area contributed by atoms with Crippen LogP contribution in [0.3, 0.4) is 0 Å². The Kier molecular flexibility index (Phi) is 6.21. The van der Waals surface area contributed by atoms with Crippen molar-refractivity contribution in [2.45, 2.75) is 32.7 Å². The highest BCUT2D eigenvalue weighted by molar-refractivity contribution is 5.60. The van der Waals surface area contributed by atoms with Crippen LogP contribution in [-0.4, -0.2) is 16.1 Å². The monoisotopic (exact) mass is 403 g/mol. The van der Waals surface area contributed by atoms with Gasteiger partial charge in [0.2, 0.25) is 0 Å². The van der Waals surface area contributed by atoms with Gasteiger partial charge in [0, 0.05) is 11.9 Å². The van der Waals surface area contributed by atoms with Gasteiger partial charge in [0.25, 0.3) is 0 Å². The molecule has 0 spiro atoms. The topological polar surface area (TPSA) is 56.3 Å². The number of halogens is 3. The zero-order valence-corrected chi connectivity index (χ0v) is 15.9. The van der Waals surface area contributed by atoms with E-state index in [4.69, 9.17) is 9.47 Å². The van der Waals surface area contributed by atoms with E-state index in [-0.39, 0.29) is 24.5 Å². The second-order valence-corrected chi connectivity index (χ2v) is 6.50. The fourth-order valence-electron chi connectivity index (χ4n) is 2.49. The molecular formula is C21H20F3N3O2. The average molecular weight is 403 g/mol. The minimum absolute atomic E-state index is 0.00294. The van der Waals surface area contributed by atoms with E-state index in [0.29, 0.717) is 17.6 Å². The van der Waals surface area contributed by atoms with E-state index in [0.717, 1.165) is 5.56 Å². The van der Waals surface area contributed by atoms with Crippen LogP contribution in [0.15, 0.2) is 60.8 Å². The lowest BCUT2D eigenvalue weighted by Gasteiger charge is -2.15. The maximum Gasteiger partial charge on any atom is 0.421 e. The summed E-state index contributed by atoms with van der Waals surface area (Å²) in [5.74, 6) is 0.240. The summed E-state index contributed by atoms with van der Waals surface area (Å²) >= 11 is 0. The summed E-state index contributed by atoms with van der Waals surface area (Å²) in [6.07, 6.45) is -3.90. The second kappa shape index (κ2) is 8.81. The first-order valence-electron chi connectivity index (χ1n) is 8.96. The average Bonchev–Trinajstić information content (AvgIpc) is 2.67. The van der Waals surface area contributed by atoms with Gasteiger partial charge in [-0.05, 0) is 43.7 Å². The first-order valence-corrected chi connectivity index (χ1v) is 8.96. The van der Waals surface area contributed by atoms with E-state index in [1.54, 1.807) is 24.3 Å². The lowest BCUT2D eigenvalue weighted by atomic mass is 10.2. The molecule has 1 aromatic heterocycles. The van der Waals surface area contributed by atoms with Crippen LogP contribution in [0.2, 0.25) is 0 Å². The lowest BCUT2D eigenvalue weighted by Crippen LogP contribution is -2.12. The first kappa shape index (κ1) is 20.4. The fraction of sp³-hybridized carbons (Fsp3) is 0.238. The van der Waals surface area contributed by atoms with Gasteiger partial charge in [0.15, 0.2) is 0 Å². The smallest absolute Gasteiger partial charge is 0.421 e. The summed E-state index contributed by atoms with van der Waals surface area (Å²) < 4.78 is 51.1. The third kappa shape index (κ3) is 5.84. The molecule has 0 aliphatic carbocycles. The molecule has 3 aromatic rings. The highest BCUT2D eigenvalue weighted by Crippen LogP contribution is 2.35. The fourth-order valence-corrected chi connectivity index (χ4v) is 2.49. The van der Waals surface area contributed by atoms with Crippen LogP contribution in [0.1, 0.15) is 25.0 Å². The molecule has 0 fully saturated rings. The van der Waals surface area contributed by atoms with Crippen LogP contribution in [0, 0.1) is 0 Å². The van der Waals surface area contributed by atoms with Crippen LogP contribution in [0.25, 0.3) is 0 Å². The van der Waals surface area contributed by atoms with Crippen molar-refractivity contribution in [2.75, 3.05) is 5.32 Å². The van der Waals surface area contributed by atoms with Gasteiger partial charge in [-0.2, -0.15) is 18.2 Å². The van der Waals surface area contributed by atoms with Crippen molar-refractivity contribution in [3.05, 3.63) is 71.9 Å². The molecule has 2 aromatic carbocycles. The van der Waals surface area contributed by atoms with Crippen molar-refractivity contribution in [1.82, 2.24) is 9.97 Å². The number of hydrogen-bond donors (Lipinski definition) is 1. The Morgan fingerprint density at radius 1 is 1.00 bits per heavy atom. The molecular weight excluding hydrogens is 383 g/mol. The molecule has 1 heterocycles. The van der Waals surface area contributed by atoms with Crippen LogP contribution in [0.4, 0.5) is 24.7 Å². The number of nitrogens with one attached hydrogen (secondary N) is 1. The summed E-state index contributed by atoms with van der Waals surface area (Å²) in [5.41, 5.74) is 0.303. The van der Waals surface area contributed by atoms with E-state index in [1.165, 1.54) is 0 Å². The molecule has 1 N–H and O–H groups in total. The Morgan fingerprint density at radius 3 is 2.31 bits per heavy atom. The Morgan fingerprint density at radius 2 is 1.69 bits per heavy atom. The van der Waals surface area contributed by atoms with Gasteiger partial charge in [-0.1, -0.05) is 30.3 Å². The molecule has 152 valence electrons. The van der Waals surface area contributed by atoms with Gasteiger partial charge in [-0.15, -0.1) is 0 Å². The molecule has 29 heavy (non-hydrogen) atoms. The number of aromatic nitrogens is 2. The van der Waals surface area contributed by atoms with Crippen molar-refractivity contribution in [3.63, 3.8) is 0 Å². The highest BCUT2D eigenvalue weighted by Gasteiger charge is 2.35. The number of ether oxygens (including phenoxy) is 2. The summed E-state index contributed by atoms with van der Waals surface area (Å²) in [5, 5.41) is 2.69. The zero-order valence-electron chi connectivity index (χ0n) is 15.9. The van der Waals surface area contributed by atoms with Crippen molar-refractivity contribution in [3.8, 4) is 11.8 Å². The van der Waals surface area contributed by atoms with Crippen molar-refractivity contribution in [1.29, 1.82) is 0 Å². The molecule has 3 rings (SSSR count). The van der Waals surface area contributed by atoms with Gasteiger partial charge < -0.3 is 14.8 Å². The first-order chi connectivity index (χ1) is 13.8. The number of anilines is 2. The second-order valence-electron chi connectivity index (χ2n) is 6.50. The van der Waals surface area contributed by atoms with Crippen LogP contribution < -0.4 is 14.8 Å². The maximum atomic E-state index is 13.4. The number of benzene rings is 2. The third-order valence-electron chi connectivity index (χ3n) is 3.77. The standard InChI is InChI=1S/C21H20F3N3O2/c1-14(2)29-17-10-8-16(9-11-17)26-19-18(21(22,23)24)12-25-20(27-19)28-13-15-6-4-3-5-7-15/h3-12,14H,13H2,1-2H3,(H,25,26,27). The van der Waals surface area contributed by atoms with Crippen LogP contribution in [-0.2, 0) is 12.8 Å². The van der Waals surface area contributed by atoms with Crippen LogP contribution in [0.5, 0.6) is 11.8 Å². The number of hydrogen-bond acceptors (Lipinski definition) is 5. The van der Waals surface area contributed by atoms with E-state index in [9.17, 15) is 13.2 Å². The molecule has 0 aliphatic heterocycles. The van der Waals surface area contributed by atoms with Crippen molar-refractivity contribution >= 4 is 11.5 Å². The molecule has 0 saturated heterocycles. The predicted molar refractivity (Wildman–Crippen MR) is 103 cm³/mol. The molecule has 0 unspecified atom stereocenters. The number of rotatable bonds is 7. The van der Waals surface area contributed by atoms with E-state index >= 15 is 0 Å². The van der Waals surface area contributed by atoms with Gasteiger partial charge in [-0.3, -0.25) is 0 Å². The minimum Gasteiger partial charge on any atom is -0.491 e. The number of nitrogens with zero attached hydrogens (tertiary/aromatic N) is 2. The van der Waals surface area contributed by atoms with Crippen molar-refractivity contribution in [2.24, 2.45) is 0 Å². The zero-order chi connectivity index (χ0) is 20.9. The molecule has 0 atom stereocenters. The highest BCUT2D eigenvalue weighted by atomic mass is 19.4. The molecule has 0 aliphatic rings. The summed E-state index contributed by atoms with van der Waals surface area (Å²) in [6, 6.07) is 15.6. The molecule has 0 radical (unpaired) electrons. The Labute approximate surface area is 166 Å². The molecule has 0 saturated carbocycles. The molecule has 0 amide bonds. The van der Waals surface area contributed by atoms with E-state index < -0.39 is 11.7 Å². The van der Waals surface area contributed by atoms with Crippen LogP contribution >= 0.6 is 0 Å². The van der Waals surface area contributed by atoms with Gasteiger partial charge >= 0.3 is 12.2 Å². The summed E-state index contributed by atoms with van der Waals surface area (Å²) in [7, 11) is 0. The van der Waals surface area contributed by atoms with Gasteiger partial charge in [0.1, 0.15) is 23.7 Å². The molecule has 0 bridgehead atoms. The third-order valence-corrected chi connectivity index (χ3v) is 3.77. The predicted octanol–water partition coefficient (Wildman–Crippen LogP) is 5.61.